The fourth-order valence-corrected chi connectivity index (χ4v) is 2.58. The number of carbonyl (C=O) groups is 2. The zero-order chi connectivity index (χ0) is 16.1. The van der Waals surface area contributed by atoms with Gasteiger partial charge in [0.1, 0.15) is 6.04 Å². The molecule has 1 aliphatic heterocycles. The molecule has 1 aliphatic rings. The zero-order valence-electron chi connectivity index (χ0n) is 12.8. The van der Waals surface area contributed by atoms with Crippen LogP contribution in [0.3, 0.4) is 0 Å². The molecule has 1 fully saturated rings. The van der Waals surface area contributed by atoms with Crippen LogP contribution in [0.5, 0.6) is 0 Å². The monoisotopic (exact) mass is 368 g/mol. The van der Waals surface area contributed by atoms with E-state index in [1.165, 1.54) is 0 Å². The molecule has 0 aromatic heterocycles. The van der Waals surface area contributed by atoms with Gasteiger partial charge in [-0.05, 0) is 30.2 Å². The van der Waals surface area contributed by atoms with E-state index in [4.69, 9.17) is 4.74 Å². The summed E-state index contributed by atoms with van der Waals surface area (Å²) in [5.41, 5.74) is 0.545. The van der Waals surface area contributed by atoms with E-state index in [1.807, 2.05) is 26.0 Å². The summed E-state index contributed by atoms with van der Waals surface area (Å²) in [5.74, 6) is -0.244. The second-order valence-electron chi connectivity index (χ2n) is 5.64. The summed E-state index contributed by atoms with van der Waals surface area (Å²) >= 11 is 3.34. The molecule has 1 N–H and O–H groups in total. The Balaban J connectivity index is 2.06. The first-order chi connectivity index (χ1) is 10.5. The van der Waals surface area contributed by atoms with Gasteiger partial charge in [0.2, 0.25) is 5.91 Å². The minimum Gasteiger partial charge on any atom is -0.378 e. The zero-order valence-corrected chi connectivity index (χ0v) is 14.4. The average Bonchev–Trinajstić information content (AvgIpc) is 2.53. The van der Waals surface area contributed by atoms with Crippen LogP contribution in [0.1, 0.15) is 24.2 Å². The van der Waals surface area contributed by atoms with Gasteiger partial charge >= 0.3 is 0 Å². The Morgan fingerprint density at radius 1 is 1.18 bits per heavy atom. The minimum absolute atomic E-state index is 0.0229. The summed E-state index contributed by atoms with van der Waals surface area (Å²) in [6, 6.07) is 6.56. The largest absolute Gasteiger partial charge is 0.378 e. The summed E-state index contributed by atoms with van der Waals surface area (Å²) in [6.45, 7) is 6.14. The molecule has 0 radical (unpaired) electrons. The summed E-state index contributed by atoms with van der Waals surface area (Å²) in [7, 11) is 0. The molecule has 0 bridgehead atoms. The number of nitrogens with zero attached hydrogens (tertiary/aromatic N) is 1. The number of benzene rings is 1. The van der Waals surface area contributed by atoms with Crippen molar-refractivity contribution in [3.8, 4) is 0 Å². The predicted molar refractivity (Wildman–Crippen MR) is 87.6 cm³/mol. The van der Waals surface area contributed by atoms with E-state index in [0.29, 0.717) is 31.9 Å². The molecule has 0 spiro atoms. The highest BCUT2D eigenvalue weighted by Gasteiger charge is 2.29. The van der Waals surface area contributed by atoms with E-state index in [9.17, 15) is 9.59 Å². The summed E-state index contributed by atoms with van der Waals surface area (Å²) in [4.78, 5) is 26.7. The van der Waals surface area contributed by atoms with Gasteiger partial charge in [0.25, 0.3) is 5.91 Å². The van der Waals surface area contributed by atoms with Crippen molar-refractivity contribution < 1.29 is 14.3 Å². The third-order valence-corrected chi connectivity index (χ3v) is 4.18. The van der Waals surface area contributed by atoms with Gasteiger partial charge in [0.05, 0.1) is 13.2 Å². The predicted octanol–water partition coefficient (Wildman–Crippen LogP) is 2.06. The number of nitrogens with one attached hydrogen (secondary N) is 1. The van der Waals surface area contributed by atoms with Crippen LogP contribution in [-0.4, -0.2) is 49.1 Å². The van der Waals surface area contributed by atoms with Gasteiger partial charge in [-0.25, -0.2) is 0 Å². The van der Waals surface area contributed by atoms with Gasteiger partial charge in [0.15, 0.2) is 0 Å². The second kappa shape index (κ2) is 7.74. The molecule has 0 aliphatic carbocycles. The molecule has 1 saturated heterocycles. The third kappa shape index (κ3) is 4.30. The Labute approximate surface area is 139 Å². The Morgan fingerprint density at radius 2 is 1.77 bits per heavy atom. The van der Waals surface area contributed by atoms with Crippen LogP contribution in [-0.2, 0) is 9.53 Å². The van der Waals surface area contributed by atoms with Gasteiger partial charge in [-0.1, -0.05) is 29.8 Å². The van der Waals surface area contributed by atoms with Gasteiger partial charge in [0, 0.05) is 23.1 Å². The molecule has 22 heavy (non-hydrogen) atoms. The standard InChI is InChI=1S/C16H21BrN2O3/c1-11(2)14(16(21)19-7-9-22-10-8-19)18-15(20)12-3-5-13(17)6-4-12/h3-6,11,14H,7-10H2,1-2H3,(H,18,20)/t14-/m0/s1. The Hall–Kier alpha value is -1.40. The molecule has 1 atom stereocenters. The number of amides is 2. The summed E-state index contributed by atoms with van der Waals surface area (Å²) in [6.07, 6.45) is 0. The molecule has 2 amide bonds. The molecular weight excluding hydrogens is 348 g/mol. The third-order valence-electron chi connectivity index (χ3n) is 3.65. The van der Waals surface area contributed by atoms with E-state index in [-0.39, 0.29) is 17.7 Å². The number of hydrogen-bond acceptors (Lipinski definition) is 3. The molecule has 1 aromatic rings. The Morgan fingerprint density at radius 3 is 2.32 bits per heavy atom. The quantitative estimate of drug-likeness (QED) is 0.884. The van der Waals surface area contributed by atoms with Gasteiger partial charge < -0.3 is 15.0 Å². The molecule has 1 heterocycles. The van der Waals surface area contributed by atoms with Crippen molar-refractivity contribution in [2.45, 2.75) is 19.9 Å². The molecular formula is C16H21BrN2O3. The number of carbonyl (C=O) groups excluding carboxylic acids is 2. The lowest BCUT2D eigenvalue weighted by molar-refractivity contribution is -0.138. The molecule has 0 saturated carbocycles. The van der Waals surface area contributed by atoms with E-state index in [2.05, 4.69) is 21.2 Å². The molecule has 2 rings (SSSR count). The van der Waals surface area contributed by atoms with E-state index >= 15 is 0 Å². The SMILES string of the molecule is CC(C)[C@H](NC(=O)c1ccc(Br)cc1)C(=O)N1CCOCC1. The molecule has 1 aromatic carbocycles. The fourth-order valence-electron chi connectivity index (χ4n) is 2.32. The maximum Gasteiger partial charge on any atom is 0.251 e. The molecule has 6 heteroatoms. The maximum atomic E-state index is 12.6. The van der Waals surface area contributed by atoms with E-state index in [1.54, 1.807) is 17.0 Å². The topological polar surface area (TPSA) is 58.6 Å². The van der Waals surface area contributed by atoms with E-state index < -0.39 is 6.04 Å². The van der Waals surface area contributed by atoms with Gasteiger partial charge in [-0.2, -0.15) is 0 Å². The number of ether oxygens (including phenoxy) is 1. The lowest BCUT2D eigenvalue weighted by Crippen LogP contribution is -2.53. The number of hydrogen-bond donors (Lipinski definition) is 1. The first-order valence-corrected chi connectivity index (χ1v) is 8.21. The first kappa shape index (κ1) is 17.0. The van der Waals surface area contributed by atoms with Crippen LogP contribution in [0.25, 0.3) is 0 Å². The molecule has 5 nitrogen and oxygen atoms in total. The molecule has 0 unspecified atom stereocenters. The van der Waals surface area contributed by atoms with Crippen LogP contribution >= 0.6 is 15.9 Å². The lowest BCUT2D eigenvalue weighted by atomic mass is 10.0. The van der Waals surface area contributed by atoms with Crippen molar-refractivity contribution in [3.63, 3.8) is 0 Å². The highest BCUT2D eigenvalue weighted by atomic mass is 79.9. The maximum absolute atomic E-state index is 12.6. The minimum atomic E-state index is -0.519. The Bertz CT molecular complexity index is 525. The summed E-state index contributed by atoms with van der Waals surface area (Å²) < 4.78 is 6.18. The van der Waals surface area contributed by atoms with Crippen molar-refractivity contribution >= 4 is 27.7 Å². The van der Waals surface area contributed by atoms with Crippen molar-refractivity contribution in [1.29, 1.82) is 0 Å². The van der Waals surface area contributed by atoms with Crippen LogP contribution < -0.4 is 5.32 Å². The number of rotatable bonds is 4. The second-order valence-corrected chi connectivity index (χ2v) is 6.56. The smallest absolute Gasteiger partial charge is 0.251 e. The van der Waals surface area contributed by atoms with Crippen molar-refractivity contribution in [3.05, 3.63) is 34.3 Å². The van der Waals surface area contributed by atoms with Crippen molar-refractivity contribution in [1.82, 2.24) is 10.2 Å². The van der Waals surface area contributed by atoms with Crippen LogP contribution in [0.2, 0.25) is 0 Å². The summed E-state index contributed by atoms with van der Waals surface area (Å²) in [5, 5.41) is 2.86. The first-order valence-electron chi connectivity index (χ1n) is 7.42. The van der Waals surface area contributed by atoms with Gasteiger partial charge in [-0.15, -0.1) is 0 Å². The lowest BCUT2D eigenvalue weighted by Gasteiger charge is -2.32. The highest BCUT2D eigenvalue weighted by molar-refractivity contribution is 9.10. The van der Waals surface area contributed by atoms with Crippen LogP contribution in [0, 0.1) is 5.92 Å². The van der Waals surface area contributed by atoms with Crippen molar-refractivity contribution in [2.24, 2.45) is 5.92 Å². The van der Waals surface area contributed by atoms with Crippen molar-refractivity contribution in [2.75, 3.05) is 26.3 Å². The van der Waals surface area contributed by atoms with Crippen LogP contribution in [0.4, 0.5) is 0 Å². The number of halogens is 1. The average molecular weight is 369 g/mol. The highest BCUT2D eigenvalue weighted by Crippen LogP contribution is 2.13. The normalized spacial score (nSPS) is 16.5. The van der Waals surface area contributed by atoms with Crippen LogP contribution in [0.15, 0.2) is 28.7 Å². The molecule has 120 valence electrons. The number of morpholine rings is 1. The Kier molecular flexibility index (Phi) is 5.97. The fraction of sp³-hybridized carbons (Fsp3) is 0.500. The van der Waals surface area contributed by atoms with E-state index in [0.717, 1.165) is 4.47 Å². The van der Waals surface area contributed by atoms with Gasteiger partial charge in [-0.3, -0.25) is 9.59 Å².